The number of benzene rings is 2. The molecule has 2 aliphatic heterocycles. The minimum Gasteiger partial charge on any atom is -0.494 e. The molecule has 42 heavy (non-hydrogen) atoms. The summed E-state index contributed by atoms with van der Waals surface area (Å²) >= 11 is 0. The molecule has 1 atom stereocenters. The van der Waals surface area contributed by atoms with E-state index in [1.54, 1.807) is 13.2 Å². The Hall–Kier alpha value is -3.03. The van der Waals surface area contributed by atoms with E-state index in [2.05, 4.69) is 38.6 Å². The lowest BCUT2D eigenvalue weighted by atomic mass is 9.81. The van der Waals surface area contributed by atoms with Crippen molar-refractivity contribution in [2.45, 2.75) is 70.8 Å². The van der Waals surface area contributed by atoms with E-state index in [4.69, 9.17) is 9.47 Å². The first-order chi connectivity index (χ1) is 20.6. The van der Waals surface area contributed by atoms with Gasteiger partial charge >= 0.3 is 5.97 Å². The number of methoxy groups -OCH3 is 1. The summed E-state index contributed by atoms with van der Waals surface area (Å²) in [5, 5.41) is 11.1. The molecule has 2 aromatic carbocycles. The molecule has 1 saturated heterocycles. The lowest BCUT2D eigenvalue weighted by molar-refractivity contribution is 0.0697. The number of carboxylic acid groups (broad SMARTS) is 1. The number of anilines is 1. The fraction of sp³-hybridized carbons (Fsp3) is 0.571. The summed E-state index contributed by atoms with van der Waals surface area (Å²) in [5.41, 5.74) is 6.62. The fourth-order valence-electron chi connectivity index (χ4n) is 7.78. The SMILES string of the molecule is CCOc1ccc2c(c1)N(CCN1CCC[C@@H](CCOC)C1)CCn1c-2c(C2CCCCC2)c2ccc(C(=O)O)cc21. The van der Waals surface area contributed by atoms with E-state index in [9.17, 15) is 9.90 Å². The summed E-state index contributed by atoms with van der Waals surface area (Å²) in [6.07, 6.45) is 9.91. The third-order valence-electron chi connectivity index (χ3n) is 9.85. The van der Waals surface area contributed by atoms with E-state index in [1.165, 1.54) is 72.8 Å². The minimum atomic E-state index is -0.867. The molecule has 0 spiro atoms. The van der Waals surface area contributed by atoms with Crippen molar-refractivity contribution in [3.63, 3.8) is 0 Å². The molecule has 1 aromatic heterocycles. The number of likely N-dealkylation sites (tertiary alicyclic amines) is 1. The normalized spacial score (nSPS) is 19.9. The third kappa shape index (κ3) is 5.91. The number of hydrogen-bond acceptors (Lipinski definition) is 5. The summed E-state index contributed by atoms with van der Waals surface area (Å²) in [6.45, 7) is 9.54. The van der Waals surface area contributed by atoms with E-state index in [-0.39, 0.29) is 0 Å². The largest absolute Gasteiger partial charge is 0.494 e. The van der Waals surface area contributed by atoms with E-state index in [0.717, 1.165) is 63.6 Å². The number of ether oxygens (including phenoxy) is 2. The molecule has 1 N–H and O–H groups in total. The lowest BCUT2D eigenvalue weighted by Gasteiger charge is -2.35. The molecule has 0 amide bonds. The van der Waals surface area contributed by atoms with Crippen molar-refractivity contribution in [3.05, 3.63) is 47.5 Å². The maximum absolute atomic E-state index is 12.0. The number of hydrogen-bond donors (Lipinski definition) is 1. The van der Waals surface area contributed by atoms with Gasteiger partial charge in [0.05, 0.1) is 17.9 Å². The summed E-state index contributed by atoms with van der Waals surface area (Å²) in [4.78, 5) is 17.2. The summed E-state index contributed by atoms with van der Waals surface area (Å²) < 4.78 is 13.8. The standard InChI is InChI=1S/C35H47N3O4/c1-3-42-28-12-14-30-31(23-28)37(18-17-36-16-7-8-25(24-36)15-21-41-2)19-20-38-32-22-27(35(39)40)11-13-29(32)33(34(30)38)26-9-5-4-6-10-26/h11-14,22-23,25-26H,3-10,15-21,24H2,1-2H3,(H,39,40)/t25-/m0/s1. The highest BCUT2D eigenvalue weighted by molar-refractivity contribution is 5.99. The van der Waals surface area contributed by atoms with Crippen LogP contribution in [0.25, 0.3) is 22.2 Å². The number of piperidine rings is 1. The lowest BCUT2D eigenvalue weighted by Crippen LogP contribution is -2.41. The number of aromatic nitrogens is 1. The van der Waals surface area contributed by atoms with Crippen LogP contribution in [0.2, 0.25) is 0 Å². The predicted molar refractivity (Wildman–Crippen MR) is 169 cm³/mol. The van der Waals surface area contributed by atoms with Gasteiger partial charge in [0.1, 0.15) is 5.75 Å². The van der Waals surface area contributed by atoms with Crippen molar-refractivity contribution < 1.29 is 19.4 Å². The van der Waals surface area contributed by atoms with Crippen LogP contribution < -0.4 is 9.64 Å². The van der Waals surface area contributed by atoms with Crippen LogP contribution in [-0.4, -0.2) is 73.6 Å². The van der Waals surface area contributed by atoms with Crippen LogP contribution in [0.3, 0.4) is 0 Å². The van der Waals surface area contributed by atoms with Crippen LogP contribution in [-0.2, 0) is 11.3 Å². The molecule has 0 radical (unpaired) electrons. The van der Waals surface area contributed by atoms with Crippen LogP contribution in [0.5, 0.6) is 5.75 Å². The molecular weight excluding hydrogens is 526 g/mol. The molecule has 3 aliphatic rings. The van der Waals surface area contributed by atoms with Gasteiger partial charge in [-0.15, -0.1) is 0 Å². The molecule has 1 saturated carbocycles. The van der Waals surface area contributed by atoms with Gasteiger partial charge in [-0.3, -0.25) is 0 Å². The molecule has 7 nitrogen and oxygen atoms in total. The van der Waals surface area contributed by atoms with Gasteiger partial charge in [-0.1, -0.05) is 25.3 Å². The minimum absolute atomic E-state index is 0.360. The second-order valence-electron chi connectivity index (χ2n) is 12.5. The Morgan fingerprint density at radius 3 is 2.62 bits per heavy atom. The molecule has 3 aromatic rings. The first-order valence-corrected chi connectivity index (χ1v) is 16.2. The van der Waals surface area contributed by atoms with Crippen molar-refractivity contribution in [2.75, 3.05) is 57.9 Å². The van der Waals surface area contributed by atoms with Crippen LogP contribution >= 0.6 is 0 Å². The van der Waals surface area contributed by atoms with Crippen molar-refractivity contribution in [3.8, 4) is 17.0 Å². The number of aromatic carboxylic acids is 1. The molecule has 6 rings (SSSR count). The maximum Gasteiger partial charge on any atom is 0.335 e. The second-order valence-corrected chi connectivity index (χ2v) is 12.5. The van der Waals surface area contributed by atoms with E-state index >= 15 is 0 Å². The zero-order chi connectivity index (χ0) is 29.1. The quantitative estimate of drug-likeness (QED) is 0.281. The van der Waals surface area contributed by atoms with Gasteiger partial charge < -0.3 is 28.9 Å². The van der Waals surface area contributed by atoms with E-state index in [1.807, 2.05) is 13.0 Å². The highest BCUT2D eigenvalue weighted by atomic mass is 16.5. The molecule has 7 heteroatoms. The van der Waals surface area contributed by atoms with Crippen LogP contribution in [0, 0.1) is 5.92 Å². The molecule has 0 bridgehead atoms. The molecule has 1 aliphatic carbocycles. The molecule has 2 fully saturated rings. The van der Waals surface area contributed by atoms with Gasteiger partial charge in [0.15, 0.2) is 0 Å². The van der Waals surface area contributed by atoms with Crippen LogP contribution in [0.4, 0.5) is 5.69 Å². The number of carboxylic acids is 1. The fourth-order valence-corrected chi connectivity index (χ4v) is 7.78. The number of rotatable bonds is 10. The average molecular weight is 574 g/mol. The summed E-state index contributed by atoms with van der Waals surface area (Å²) in [6, 6.07) is 12.4. The van der Waals surface area contributed by atoms with E-state index < -0.39 is 5.97 Å². The Morgan fingerprint density at radius 2 is 1.83 bits per heavy atom. The summed E-state index contributed by atoms with van der Waals surface area (Å²) in [7, 11) is 1.80. The van der Waals surface area contributed by atoms with Gasteiger partial charge in [-0.2, -0.15) is 0 Å². The number of nitrogens with zero attached hydrogens (tertiary/aromatic N) is 3. The third-order valence-corrected chi connectivity index (χ3v) is 9.85. The predicted octanol–water partition coefficient (Wildman–Crippen LogP) is 7.02. The van der Waals surface area contributed by atoms with Crippen molar-refractivity contribution in [1.82, 2.24) is 9.47 Å². The average Bonchev–Trinajstić information content (AvgIpc) is 3.25. The molecule has 226 valence electrons. The Morgan fingerprint density at radius 1 is 0.976 bits per heavy atom. The van der Waals surface area contributed by atoms with Gasteiger partial charge in [0.2, 0.25) is 0 Å². The first kappa shape index (κ1) is 29.1. The highest BCUT2D eigenvalue weighted by Crippen LogP contribution is 2.48. The number of carbonyl (C=O) groups is 1. The number of fused-ring (bicyclic) bond motifs is 5. The van der Waals surface area contributed by atoms with Gasteiger partial charge in [-0.25, -0.2) is 4.79 Å². The topological polar surface area (TPSA) is 67.2 Å². The second kappa shape index (κ2) is 13.1. The van der Waals surface area contributed by atoms with Crippen LogP contribution in [0.1, 0.15) is 80.1 Å². The molecular formula is C35H47N3O4. The Kier molecular flexibility index (Phi) is 9.06. The van der Waals surface area contributed by atoms with Crippen molar-refractivity contribution >= 4 is 22.6 Å². The maximum atomic E-state index is 12.0. The Bertz CT molecular complexity index is 1390. The van der Waals surface area contributed by atoms with Gasteiger partial charge in [-0.05, 0) is 87.2 Å². The zero-order valence-corrected chi connectivity index (χ0v) is 25.4. The highest BCUT2D eigenvalue weighted by Gasteiger charge is 2.31. The smallest absolute Gasteiger partial charge is 0.335 e. The van der Waals surface area contributed by atoms with Gasteiger partial charge in [0.25, 0.3) is 0 Å². The van der Waals surface area contributed by atoms with Crippen LogP contribution in [0.15, 0.2) is 36.4 Å². The Labute approximate surface area is 250 Å². The molecule has 3 heterocycles. The van der Waals surface area contributed by atoms with Crippen molar-refractivity contribution in [2.24, 2.45) is 5.92 Å². The van der Waals surface area contributed by atoms with E-state index in [0.29, 0.717) is 24.0 Å². The monoisotopic (exact) mass is 573 g/mol. The molecule has 0 unspecified atom stereocenters. The van der Waals surface area contributed by atoms with Crippen molar-refractivity contribution in [1.29, 1.82) is 0 Å². The van der Waals surface area contributed by atoms with Gasteiger partial charge in [0, 0.05) is 74.7 Å². The summed E-state index contributed by atoms with van der Waals surface area (Å²) in [5.74, 6) is 1.26. The Balaban J connectivity index is 1.39. The first-order valence-electron chi connectivity index (χ1n) is 16.2. The zero-order valence-electron chi connectivity index (χ0n) is 25.4.